The van der Waals surface area contributed by atoms with Crippen molar-refractivity contribution in [2.75, 3.05) is 6.61 Å². The zero-order chi connectivity index (χ0) is 13.1. The molecule has 0 fully saturated rings. The number of ether oxygens (including phenoxy) is 1. The van der Waals surface area contributed by atoms with Gasteiger partial charge in [-0.1, -0.05) is 32.9 Å². The van der Waals surface area contributed by atoms with E-state index in [-0.39, 0.29) is 5.41 Å². The van der Waals surface area contributed by atoms with Gasteiger partial charge < -0.3 is 14.8 Å². The van der Waals surface area contributed by atoms with Gasteiger partial charge in [0.2, 0.25) is 0 Å². The van der Waals surface area contributed by atoms with Crippen LogP contribution in [0.2, 0.25) is 0 Å². The zero-order valence-corrected chi connectivity index (χ0v) is 11.0. The van der Waals surface area contributed by atoms with Crippen LogP contribution in [0.3, 0.4) is 0 Å². The summed E-state index contributed by atoms with van der Waals surface area (Å²) in [5, 5.41) is 18.1. The van der Waals surface area contributed by atoms with Crippen molar-refractivity contribution in [1.29, 1.82) is 0 Å². The topological polar surface area (TPSA) is 49.7 Å². The first-order valence-electron chi connectivity index (χ1n) is 5.89. The summed E-state index contributed by atoms with van der Waals surface area (Å²) >= 11 is 0. The minimum absolute atomic E-state index is 0.259. The van der Waals surface area contributed by atoms with Gasteiger partial charge in [0.25, 0.3) is 0 Å². The Bertz CT molecular complexity index is 369. The van der Waals surface area contributed by atoms with Gasteiger partial charge in [-0.2, -0.15) is 0 Å². The maximum Gasteiger partial charge on any atom is 0.488 e. The molecule has 3 nitrogen and oxygen atoms in total. The van der Waals surface area contributed by atoms with Gasteiger partial charge in [-0.25, -0.2) is 0 Å². The molecule has 17 heavy (non-hydrogen) atoms. The molecule has 0 aromatic heterocycles. The van der Waals surface area contributed by atoms with E-state index in [0.717, 1.165) is 17.7 Å². The highest BCUT2D eigenvalue weighted by molar-refractivity contribution is 6.58. The molecule has 1 aromatic carbocycles. The van der Waals surface area contributed by atoms with Gasteiger partial charge in [0.05, 0.1) is 6.61 Å². The SMILES string of the molecule is Cc1cc(B(O)O)ccc1OCCC(C)(C)C. The van der Waals surface area contributed by atoms with Crippen LogP contribution in [0.15, 0.2) is 18.2 Å². The molecular formula is C13H21BO3. The Hall–Kier alpha value is -0.995. The molecule has 0 saturated carbocycles. The molecule has 0 aliphatic rings. The van der Waals surface area contributed by atoms with Crippen molar-refractivity contribution in [2.24, 2.45) is 5.41 Å². The first-order valence-corrected chi connectivity index (χ1v) is 5.89. The second kappa shape index (κ2) is 5.56. The van der Waals surface area contributed by atoms with Gasteiger partial charge in [-0.3, -0.25) is 0 Å². The molecule has 4 heteroatoms. The average molecular weight is 236 g/mol. The fraction of sp³-hybridized carbons (Fsp3) is 0.538. The van der Waals surface area contributed by atoms with Crippen LogP contribution >= 0.6 is 0 Å². The Balaban J connectivity index is 2.61. The minimum Gasteiger partial charge on any atom is -0.493 e. The van der Waals surface area contributed by atoms with Crippen molar-refractivity contribution in [3.05, 3.63) is 23.8 Å². The molecule has 0 aliphatic heterocycles. The van der Waals surface area contributed by atoms with E-state index in [2.05, 4.69) is 20.8 Å². The van der Waals surface area contributed by atoms with E-state index in [1.165, 1.54) is 0 Å². The number of hydrogen-bond donors (Lipinski definition) is 2. The van der Waals surface area contributed by atoms with Crippen LogP contribution in [0, 0.1) is 12.3 Å². The Labute approximate surface area is 104 Å². The van der Waals surface area contributed by atoms with Gasteiger partial charge in [0.15, 0.2) is 0 Å². The van der Waals surface area contributed by atoms with Crippen molar-refractivity contribution < 1.29 is 14.8 Å². The number of rotatable bonds is 4. The third kappa shape index (κ3) is 4.80. The van der Waals surface area contributed by atoms with Gasteiger partial charge in [-0.05, 0) is 35.9 Å². The summed E-state index contributed by atoms with van der Waals surface area (Å²) < 4.78 is 5.68. The summed E-state index contributed by atoms with van der Waals surface area (Å²) in [4.78, 5) is 0. The fourth-order valence-electron chi connectivity index (χ4n) is 1.46. The lowest BCUT2D eigenvalue weighted by atomic mass is 9.79. The quantitative estimate of drug-likeness (QED) is 0.778. The molecule has 0 spiro atoms. The Morgan fingerprint density at radius 3 is 2.35 bits per heavy atom. The van der Waals surface area contributed by atoms with Crippen molar-refractivity contribution in [1.82, 2.24) is 0 Å². The summed E-state index contributed by atoms with van der Waals surface area (Å²) in [6.45, 7) is 9.10. The lowest BCUT2D eigenvalue weighted by Crippen LogP contribution is -2.29. The molecule has 0 saturated heterocycles. The van der Waals surface area contributed by atoms with Crippen LogP contribution in [0.25, 0.3) is 0 Å². The molecule has 1 aromatic rings. The molecular weight excluding hydrogens is 215 g/mol. The molecule has 0 unspecified atom stereocenters. The summed E-state index contributed by atoms with van der Waals surface area (Å²) in [5.74, 6) is 0.804. The van der Waals surface area contributed by atoms with Crippen LogP contribution in [0.4, 0.5) is 0 Å². The molecule has 1 rings (SSSR count). The van der Waals surface area contributed by atoms with Gasteiger partial charge in [-0.15, -0.1) is 0 Å². The van der Waals surface area contributed by atoms with Crippen molar-refractivity contribution in [3.8, 4) is 5.75 Å². The summed E-state index contributed by atoms with van der Waals surface area (Å²) in [7, 11) is -1.42. The predicted molar refractivity (Wildman–Crippen MR) is 70.6 cm³/mol. The largest absolute Gasteiger partial charge is 0.493 e. The number of benzene rings is 1. The highest BCUT2D eigenvalue weighted by Crippen LogP contribution is 2.21. The lowest BCUT2D eigenvalue weighted by molar-refractivity contribution is 0.242. The number of aryl methyl sites for hydroxylation is 1. The Morgan fingerprint density at radius 2 is 1.88 bits per heavy atom. The first-order chi connectivity index (χ1) is 7.79. The monoisotopic (exact) mass is 236 g/mol. The summed E-state index contributed by atoms with van der Waals surface area (Å²) in [5.41, 5.74) is 1.67. The second-order valence-corrected chi connectivity index (χ2v) is 5.56. The predicted octanol–water partition coefficient (Wildman–Crippen LogP) is 1.49. The van der Waals surface area contributed by atoms with Crippen molar-refractivity contribution >= 4 is 12.6 Å². The molecule has 0 aliphatic carbocycles. The third-order valence-electron chi connectivity index (χ3n) is 2.61. The molecule has 2 N–H and O–H groups in total. The smallest absolute Gasteiger partial charge is 0.488 e. The van der Waals surface area contributed by atoms with Crippen LogP contribution in [-0.2, 0) is 0 Å². The molecule has 0 amide bonds. The van der Waals surface area contributed by atoms with E-state index in [1.807, 2.05) is 6.92 Å². The Kier molecular flexibility index (Phi) is 4.60. The maximum atomic E-state index is 9.04. The van der Waals surface area contributed by atoms with Crippen LogP contribution in [0.5, 0.6) is 5.75 Å². The standard InChI is InChI=1S/C13H21BO3/c1-10-9-11(14(15)16)5-6-12(10)17-8-7-13(2,3)4/h5-6,9,15-16H,7-8H2,1-4H3. The van der Waals surface area contributed by atoms with Gasteiger partial charge in [0, 0.05) is 0 Å². The minimum atomic E-state index is -1.42. The highest BCUT2D eigenvalue weighted by atomic mass is 16.5. The van der Waals surface area contributed by atoms with E-state index >= 15 is 0 Å². The van der Waals surface area contributed by atoms with E-state index in [0.29, 0.717) is 12.1 Å². The number of hydrogen-bond acceptors (Lipinski definition) is 3. The van der Waals surface area contributed by atoms with Crippen LogP contribution in [-0.4, -0.2) is 23.8 Å². The average Bonchev–Trinajstić information content (AvgIpc) is 2.18. The van der Waals surface area contributed by atoms with Crippen molar-refractivity contribution in [2.45, 2.75) is 34.1 Å². The normalized spacial score (nSPS) is 11.4. The maximum absolute atomic E-state index is 9.04. The van der Waals surface area contributed by atoms with Crippen molar-refractivity contribution in [3.63, 3.8) is 0 Å². The Morgan fingerprint density at radius 1 is 1.24 bits per heavy atom. The van der Waals surface area contributed by atoms with E-state index in [1.54, 1.807) is 18.2 Å². The van der Waals surface area contributed by atoms with E-state index < -0.39 is 7.12 Å². The highest BCUT2D eigenvalue weighted by Gasteiger charge is 2.13. The zero-order valence-electron chi connectivity index (χ0n) is 11.0. The molecule has 0 radical (unpaired) electrons. The fourth-order valence-corrected chi connectivity index (χ4v) is 1.46. The summed E-state index contributed by atoms with van der Waals surface area (Å²) in [6, 6.07) is 5.19. The van der Waals surface area contributed by atoms with Gasteiger partial charge >= 0.3 is 7.12 Å². The van der Waals surface area contributed by atoms with Gasteiger partial charge in [0.1, 0.15) is 5.75 Å². The van der Waals surface area contributed by atoms with Crippen LogP contribution < -0.4 is 10.2 Å². The van der Waals surface area contributed by atoms with E-state index in [4.69, 9.17) is 14.8 Å². The third-order valence-corrected chi connectivity index (χ3v) is 2.61. The molecule has 0 atom stereocenters. The summed E-state index contributed by atoms with van der Waals surface area (Å²) in [6.07, 6.45) is 0.983. The molecule has 0 heterocycles. The first kappa shape index (κ1) is 14.1. The van der Waals surface area contributed by atoms with Crippen LogP contribution in [0.1, 0.15) is 32.8 Å². The second-order valence-electron chi connectivity index (χ2n) is 5.56. The molecule has 0 bridgehead atoms. The van der Waals surface area contributed by atoms with E-state index in [9.17, 15) is 0 Å². The lowest BCUT2D eigenvalue weighted by Gasteiger charge is -2.18. The molecule has 94 valence electrons.